The van der Waals surface area contributed by atoms with Crippen LogP contribution < -0.4 is 10.9 Å². The molecular weight excluding hydrogens is 412 g/mol. The lowest BCUT2D eigenvalue weighted by Crippen LogP contribution is -2.37. The van der Waals surface area contributed by atoms with E-state index in [9.17, 15) is 19.5 Å². The molecule has 0 unspecified atom stereocenters. The summed E-state index contributed by atoms with van der Waals surface area (Å²) >= 11 is 0. The average molecular weight is 441 g/mol. The summed E-state index contributed by atoms with van der Waals surface area (Å²) in [6, 6.07) is 1.92. The predicted octanol–water partition coefficient (Wildman–Crippen LogP) is 1.44. The fourth-order valence-electron chi connectivity index (χ4n) is 3.33. The highest BCUT2D eigenvalue weighted by Gasteiger charge is 2.31. The second-order valence-electron chi connectivity index (χ2n) is 9.32. The van der Waals surface area contributed by atoms with E-state index in [1.807, 2.05) is 26.8 Å². The molecule has 0 saturated heterocycles. The average Bonchev–Trinajstić information content (AvgIpc) is 3.43. The van der Waals surface area contributed by atoms with Gasteiger partial charge in [0.25, 0.3) is 11.5 Å². The molecule has 1 aliphatic carbocycles. The van der Waals surface area contributed by atoms with Crippen LogP contribution in [-0.4, -0.2) is 55.6 Å². The standard InChI is InChI=1S/C22H28N6O4/c1-13-15(8-9-16(29)26(5)11-10-23)19-27(12-22(2,3)4)20(31)17(21(32)28(19)25-13)18(30)24-14-6-7-14/h8-9,14,32H,6-7,11-12H2,1-5H3,(H,24,30)/b9-8+. The number of nitrogens with zero attached hydrogens (tertiary/aromatic N) is 5. The number of amides is 2. The molecule has 170 valence electrons. The van der Waals surface area contributed by atoms with Crippen molar-refractivity contribution in [2.24, 2.45) is 5.41 Å². The first-order chi connectivity index (χ1) is 14.9. The van der Waals surface area contributed by atoms with Gasteiger partial charge in [0.2, 0.25) is 11.8 Å². The van der Waals surface area contributed by atoms with Gasteiger partial charge in [-0.2, -0.15) is 14.9 Å². The number of rotatable bonds is 6. The lowest BCUT2D eigenvalue weighted by atomic mass is 9.96. The lowest BCUT2D eigenvalue weighted by molar-refractivity contribution is -0.124. The van der Waals surface area contributed by atoms with Gasteiger partial charge in [-0.25, -0.2) is 0 Å². The van der Waals surface area contributed by atoms with Gasteiger partial charge in [-0.05, 0) is 31.3 Å². The number of hydrogen-bond acceptors (Lipinski definition) is 6. The molecule has 2 N–H and O–H groups in total. The van der Waals surface area contributed by atoms with Crippen molar-refractivity contribution in [3.8, 4) is 11.9 Å². The Morgan fingerprint density at radius 1 is 1.38 bits per heavy atom. The largest absolute Gasteiger partial charge is 0.492 e. The minimum absolute atomic E-state index is 0.0160. The number of aryl methyl sites for hydroxylation is 1. The van der Waals surface area contributed by atoms with Crippen LogP contribution in [0.1, 0.15) is 55.2 Å². The Hall–Kier alpha value is -3.61. The van der Waals surface area contributed by atoms with Crippen molar-refractivity contribution >= 4 is 23.5 Å². The number of carbonyl (C=O) groups excluding carboxylic acids is 2. The van der Waals surface area contributed by atoms with Crippen LogP contribution in [0.3, 0.4) is 0 Å². The Bertz CT molecular complexity index is 1200. The molecule has 10 heteroatoms. The summed E-state index contributed by atoms with van der Waals surface area (Å²) in [6.07, 6.45) is 4.48. The van der Waals surface area contributed by atoms with Crippen molar-refractivity contribution in [3.05, 3.63) is 33.3 Å². The molecule has 0 aliphatic heterocycles. The number of aromatic nitrogens is 3. The SMILES string of the molecule is Cc1nn2c(O)c(C(=O)NC3CC3)c(=O)n(CC(C)(C)C)c2c1/C=C/C(=O)N(C)CC#N. The highest BCUT2D eigenvalue weighted by Crippen LogP contribution is 2.27. The molecule has 0 radical (unpaired) electrons. The molecule has 0 spiro atoms. The number of fused-ring (bicyclic) bond motifs is 1. The molecule has 10 nitrogen and oxygen atoms in total. The van der Waals surface area contributed by atoms with E-state index in [0.29, 0.717) is 11.3 Å². The molecule has 2 aromatic rings. The Labute approximate surface area is 185 Å². The van der Waals surface area contributed by atoms with Gasteiger partial charge in [-0.15, -0.1) is 0 Å². The summed E-state index contributed by atoms with van der Waals surface area (Å²) in [5.74, 6) is -1.55. The van der Waals surface area contributed by atoms with Gasteiger partial charge >= 0.3 is 0 Å². The van der Waals surface area contributed by atoms with E-state index in [4.69, 9.17) is 5.26 Å². The highest BCUT2D eigenvalue weighted by atomic mass is 16.3. The van der Waals surface area contributed by atoms with Crippen molar-refractivity contribution in [1.82, 2.24) is 24.4 Å². The topological polar surface area (TPSA) is 133 Å². The third kappa shape index (κ3) is 4.66. The molecule has 2 heterocycles. The summed E-state index contributed by atoms with van der Waals surface area (Å²) in [5, 5.41) is 26.7. The molecule has 32 heavy (non-hydrogen) atoms. The molecule has 0 atom stereocenters. The van der Waals surface area contributed by atoms with Gasteiger partial charge < -0.3 is 15.3 Å². The number of likely N-dealkylation sites (N-methyl/N-ethyl adjacent to an activating group) is 1. The van der Waals surface area contributed by atoms with Crippen molar-refractivity contribution < 1.29 is 14.7 Å². The Kier molecular flexibility index (Phi) is 6.12. The lowest BCUT2D eigenvalue weighted by Gasteiger charge is -2.22. The van der Waals surface area contributed by atoms with E-state index in [2.05, 4.69) is 10.4 Å². The summed E-state index contributed by atoms with van der Waals surface area (Å²) in [5.41, 5.74) is -0.0754. The fraction of sp³-hybridized carbons (Fsp3) is 0.500. The van der Waals surface area contributed by atoms with Crippen LogP contribution in [0.4, 0.5) is 0 Å². The van der Waals surface area contributed by atoms with Gasteiger partial charge in [0, 0.05) is 31.3 Å². The van der Waals surface area contributed by atoms with Crippen LogP contribution in [0.15, 0.2) is 10.9 Å². The van der Waals surface area contributed by atoms with Crippen molar-refractivity contribution in [2.75, 3.05) is 13.6 Å². The summed E-state index contributed by atoms with van der Waals surface area (Å²) in [4.78, 5) is 39.6. The van der Waals surface area contributed by atoms with E-state index in [-0.39, 0.29) is 41.7 Å². The van der Waals surface area contributed by atoms with Crippen LogP contribution in [0.2, 0.25) is 0 Å². The van der Waals surface area contributed by atoms with Gasteiger partial charge in [0.05, 0.1) is 11.8 Å². The maximum absolute atomic E-state index is 13.4. The first-order valence-corrected chi connectivity index (χ1v) is 10.4. The van der Waals surface area contributed by atoms with E-state index in [1.54, 1.807) is 6.92 Å². The van der Waals surface area contributed by atoms with Crippen LogP contribution in [-0.2, 0) is 11.3 Å². The Balaban J connectivity index is 2.21. The third-order valence-corrected chi connectivity index (χ3v) is 5.07. The number of nitriles is 1. The number of carbonyl (C=O) groups is 2. The number of nitrogens with one attached hydrogen (secondary N) is 1. The van der Waals surface area contributed by atoms with Crippen LogP contribution in [0.5, 0.6) is 5.88 Å². The molecule has 2 amide bonds. The Morgan fingerprint density at radius 3 is 2.59 bits per heavy atom. The summed E-state index contributed by atoms with van der Waals surface area (Å²) < 4.78 is 2.60. The van der Waals surface area contributed by atoms with Crippen LogP contribution in [0, 0.1) is 23.7 Å². The first-order valence-electron chi connectivity index (χ1n) is 10.4. The zero-order valence-electron chi connectivity index (χ0n) is 19.0. The summed E-state index contributed by atoms with van der Waals surface area (Å²) in [6.45, 7) is 7.73. The minimum atomic E-state index is -0.627. The van der Waals surface area contributed by atoms with Gasteiger partial charge in [0.15, 0.2) is 5.56 Å². The fourth-order valence-corrected chi connectivity index (χ4v) is 3.33. The minimum Gasteiger partial charge on any atom is -0.492 e. The van der Waals surface area contributed by atoms with Crippen molar-refractivity contribution in [1.29, 1.82) is 5.26 Å². The van der Waals surface area contributed by atoms with Crippen LogP contribution in [0.25, 0.3) is 11.7 Å². The van der Waals surface area contributed by atoms with E-state index >= 15 is 0 Å². The maximum Gasteiger partial charge on any atom is 0.270 e. The summed E-state index contributed by atoms with van der Waals surface area (Å²) in [7, 11) is 1.50. The van der Waals surface area contributed by atoms with Gasteiger partial charge in [-0.3, -0.25) is 19.0 Å². The van der Waals surface area contributed by atoms with E-state index in [1.165, 1.54) is 33.2 Å². The molecule has 2 aromatic heterocycles. The zero-order valence-corrected chi connectivity index (χ0v) is 19.0. The Morgan fingerprint density at radius 2 is 2.03 bits per heavy atom. The maximum atomic E-state index is 13.4. The second-order valence-corrected chi connectivity index (χ2v) is 9.32. The molecule has 0 aromatic carbocycles. The van der Waals surface area contributed by atoms with E-state index in [0.717, 1.165) is 12.8 Å². The molecule has 0 bridgehead atoms. The molecular formula is C22H28N6O4. The second kappa shape index (κ2) is 8.49. The smallest absolute Gasteiger partial charge is 0.270 e. The quantitative estimate of drug-likeness (QED) is 0.516. The highest BCUT2D eigenvalue weighted by molar-refractivity contribution is 5.97. The van der Waals surface area contributed by atoms with Crippen LogP contribution >= 0.6 is 0 Å². The van der Waals surface area contributed by atoms with E-state index < -0.39 is 17.3 Å². The van der Waals surface area contributed by atoms with Gasteiger partial charge in [0.1, 0.15) is 12.2 Å². The number of aromatic hydroxyl groups is 1. The molecule has 1 aliphatic rings. The van der Waals surface area contributed by atoms with Gasteiger partial charge in [-0.1, -0.05) is 20.8 Å². The monoisotopic (exact) mass is 440 g/mol. The molecule has 3 rings (SSSR count). The zero-order chi connectivity index (χ0) is 23.8. The first kappa shape index (κ1) is 23.1. The van der Waals surface area contributed by atoms with Crippen molar-refractivity contribution in [2.45, 2.75) is 53.1 Å². The third-order valence-electron chi connectivity index (χ3n) is 5.07. The molecule has 1 saturated carbocycles. The normalized spacial score (nSPS) is 14.0. The predicted molar refractivity (Wildman–Crippen MR) is 118 cm³/mol. The molecule has 1 fully saturated rings. The van der Waals surface area contributed by atoms with Crippen molar-refractivity contribution in [3.63, 3.8) is 0 Å². The number of hydrogen-bond donors (Lipinski definition) is 2.